The van der Waals surface area contributed by atoms with Crippen LogP contribution in [0.2, 0.25) is 0 Å². The van der Waals surface area contributed by atoms with Gasteiger partial charge in [-0.05, 0) is 38.8 Å². The zero-order valence-corrected chi connectivity index (χ0v) is 14.5. The first-order valence-electron chi connectivity index (χ1n) is 6.32. The minimum atomic E-state index is -1.18. The second-order valence-electron chi connectivity index (χ2n) is 5.29. The molecule has 0 heterocycles. The van der Waals surface area contributed by atoms with Gasteiger partial charge in [-0.1, -0.05) is 29.8 Å². The molecule has 0 bridgehead atoms. The Labute approximate surface area is 122 Å². The maximum atomic E-state index is 11.9. The molecule has 1 rings (SSSR count). The molecule has 0 fully saturated rings. The number of carboxylic acids is 1. The van der Waals surface area contributed by atoms with Gasteiger partial charge >= 0.3 is 11.9 Å². The fraction of sp³-hybridized carbons (Fsp3) is 0.333. The average molecular weight is 292 g/mol. The quantitative estimate of drug-likeness (QED) is 0.678. The lowest BCUT2D eigenvalue weighted by Crippen LogP contribution is -2.32. The minimum Gasteiger partial charge on any atom is -0.528 e. The van der Waals surface area contributed by atoms with Crippen molar-refractivity contribution in [1.82, 2.24) is 0 Å². The van der Waals surface area contributed by atoms with E-state index in [4.69, 9.17) is 4.43 Å². The second-order valence-corrected chi connectivity index (χ2v) is 5.70. The summed E-state index contributed by atoms with van der Waals surface area (Å²) in [4.78, 5) is 23.5. The number of allylic oxidation sites excluding steroid dienone is 1. The summed E-state index contributed by atoms with van der Waals surface area (Å²) in [5, 5.41) is 9.49. The summed E-state index contributed by atoms with van der Waals surface area (Å²) in [5.74, 6) is -1.60. The molecule has 0 amide bonds. The van der Waals surface area contributed by atoms with Gasteiger partial charge < -0.3 is 9.53 Å². The zero-order valence-electron chi connectivity index (χ0n) is 12.5. The summed E-state index contributed by atoms with van der Waals surface area (Å²) in [6.07, 6.45) is 0. The summed E-state index contributed by atoms with van der Waals surface area (Å²) in [7, 11) is 0.245. The van der Waals surface area contributed by atoms with Crippen LogP contribution in [0.5, 0.6) is 0 Å². The van der Waals surface area contributed by atoms with E-state index in [0.717, 1.165) is 11.1 Å². The maximum Gasteiger partial charge on any atom is 0.333 e. The standard InChI is InChI=1S/C15H20O4Si/c1-9-5-7-11(8-6-9)10(2)12(13(16)17)15(3,4)14(18)19-20/h5-8H,1-4,20H3,(H,16,17). The second kappa shape index (κ2) is 6.05. The van der Waals surface area contributed by atoms with Gasteiger partial charge in [0.2, 0.25) is 10.5 Å². The van der Waals surface area contributed by atoms with Crippen molar-refractivity contribution in [1.29, 1.82) is 0 Å². The largest absolute Gasteiger partial charge is 0.528 e. The van der Waals surface area contributed by atoms with Crippen molar-refractivity contribution < 1.29 is 19.1 Å². The van der Waals surface area contributed by atoms with Crippen LogP contribution in [0.3, 0.4) is 0 Å². The van der Waals surface area contributed by atoms with Crippen molar-refractivity contribution in [3.05, 3.63) is 41.0 Å². The Balaban J connectivity index is 3.45. The molecule has 0 aromatic heterocycles. The first-order chi connectivity index (χ1) is 9.21. The highest BCUT2D eigenvalue weighted by atomic mass is 28.2. The highest BCUT2D eigenvalue weighted by Crippen LogP contribution is 2.34. The third-order valence-electron chi connectivity index (χ3n) is 3.39. The van der Waals surface area contributed by atoms with E-state index in [2.05, 4.69) is 0 Å². The van der Waals surface area contributed by atoms with E-state index in [1.54, 1.807) is 20.8 Å². The van der Waals surface area contributed by atoms with Crippen molar-refractivity contribution in [3.63, 3.8) is 0 Å². The fourth-order valence-electron chi connectivity index (χ4n) is 2.20. The van der Waals surface area contributed by atoms with Crippen LogP contribution in [0.4, 0.5) is 0 Å². The van der Waals surface area contributed by atoms with Gasteiger partial charge in [0.25, 0.3) is 0 Å². The van der Waals surface area contributed by atoms with Gasteiger partial charge in [0, 0.05) is 0 Å². The molecule has 0 saturated carbocycles. The summed E-state index contributed by atoms with van der Waals surface area (Å²) in [6, 6.07) is 7.54. The lowest BCUT2D eigenvalue weighted by Gasteiger charge is -2.25. The third kappa shape index (κ3) is 3.16. The molecule has 20 heavy (non-hydrogen) atoms. The molecule has 0 aliphatic carbocycles. The van der Waals surface area contributed by atoms with Gasteiger partial charge in [-0.3, -0.25) is 4.79 Å². The van der Waals surface area contributed by atoms with Gasteiger partial charge in [-0.25, -0.2) is 4.79 Å². The summed E-state index contributed by atoms with van der Waals surface area (Å²) in [6.45, 7) is 6.84. The van der Waals surface area contributed by atoms with Crippen molar-refractivity contribution in [2.24, 2.45) is 5.41 Å². The predicted molar refractivity (Wildman–Crippen MR) is 81.2 cm³/mol. The molecule has 1 aromatic carbocycles. The van der Waals surface area contributed by atoms with Crippen molar-refractivity contribution >= 4 is 28.0 Å². The molecule has 0 atom stereocenters. The SMILES string of the molecule is CC(=C(C(=O)O)C(C)(C)C(=O)O[SiH3])c1ccc(C)cc1. The van der Waals surface area contributed by atoms with E-state index in [1.165, 1.54) is 0 Å². The van der Waals surface area contributed by atoms with Crippen LogP contribution in [0.25, 0.3) is 5.57 Å². The van der Waals surface area contributed by atoms with E-state index in [1.807, 2.05) is 31.2 Å². The van der Waals surface area contributed by atoms with Gasteiger partial charge in [-0.15, -0.1) is 0 Å². The molecule has 1 aromatic rings. The lowest BCUT2D eigenvalue weighted by atomic mass is 9.80. The Bertz CT molecular complexity index is 556. The van der Waals surface area contributed by atoms with Crippen molar-refractivity contribution in [2.45, 2.75) is 27.7 Å². The lowest BCUT2D eigenvalue weighted by molar-refractivity contribution is -0.145. The number of carbonyl (C=O) groups is 2. The predicted octanol–water partition coefficient (Wildman–Crippen LogP) is 1.70. The van der Waals surface area contributed by atoms with E-state index < -0.39 is 17.4 Å². The molecule has 0 saturated heterocycles. The van der Waals surface area contributed by atoms with Crippen LogP contribution in [-0.2, 0) is 14.0 Å². The molecule has 1 N–H and O–H groups in total. The zero-order chi connectivity index (χ0) is 15.5. The van der Waals surface area contributed by atoms with Crippen molar-refractivity contribution in [2.75, 3.05) is 0 Å². The average Bonchev–Trinajstić information content (AvgIpc) is 2.37. The van der Waals surface area contributed by atoms with Crippen molar-refractivity contribution in [3.8, 4) is 0 Å². The van der Waals surface area contributed by atoms with Crippen LogP contribution in [0.15, 0.2) is 29.8 Å². The Morgan fingerprint density at radius 1 is 1.20 bits per heavy atom. The Hall–Kier alpha value is -1.88. The van der Waals surface area contributed by atoms with Gasteiger partial charge in [0.05, 0.1) is 11.0 Å². The third-order valence-corrected chi connectivity index (χ3v) is 3.76. The smallest absolute Gasteiger partial charge is 0.333 e. The topological polar surface area (TPSA) is 63.6 Å². The number of carboxylic acid groups (broad SMARTS) is 1. The highest BCUT2D eigenvalue weighted by molar-refractivity contribution is 6.10. The van der Waals surface area contributed by atoms with Gasteiger partial charge in [-0.2, -0.15) is 0 Å². The van der Waals surface area contributed by atoms with E-state index >= 15 is 0 Å². The summed E-state index contributed by atoms with van der Waals surface area (Å²) < 4.78 is 4.85. The number of hydrogen-bond donors (Lipinski definition) is 1. The summed E-state index contributed by atoms with van der Waals surface area (Å²) >= 11 is 0. The van der Waals surface area contributed by atoms with Gasteiger partial charge in [0.1, 0.15) is 0 Å². The number of rotatable bonds is 4. The van der Waals surface area contributed by atoms with E-state index in [0.29, 0.717) is 5.57 Å². The molecule has 0 spiro atoms. The molecule has 4 nitrogen and oxygen atoms in total. The number of benzene rings is 1. The first kappa shape index (κ1) is 16.2. The normalized spacial score (nSPS) is 12.8. The molecule has 0 aliphatic rings. The monoisotopic (exact) mass is 292 g/mol. The molecule has 0 aliphatic heterocycles. The fourth-order valence-corrected chi connectivity index (χ4v) is 2.71. The number of aryl methyl sites for hydroxylation is 1. The molecular weight excluding hydrogens is 272 g/mol. The Kier molecular flexibility index (Phi) is 4.89. The molecule has 0 radical (unpaired) electrons. The Morgan fingerprint density at radius 3 is 2.10 bits per heavy atom. The Morgan fingerprint density at radius 2 is 1.70 bits per heavy atom. The number of aliphatic carboxylic acids is 1. The van der Waals surface area contributed by atoms with Crippen LogP contribution >= 0.6 is 0 Å². The number of carbonyl (C=O) groups excluding carboxylic acids is 1. The van der Waals surface area contributed by atoms with Crippen LogP contribution < -0.4 is 0 Å². The molecule has 5 heteroatoms. The molecule has 0 unspecified atom stereocenters. The van der Waals surface area contributed by atoms with Crippen LogP contribution in [-0.4, -0.2) is 27.5 Å². The van der Waals surface area contributed by atoms with Crippen LogP contribution in [0.1, 0.15) is 31.9 Å². The first-order valence-corrected chi connectivity index (χ1v) is 7.13. The van der Waals surface area contributed by atoms with E-state index in [-0.39, 0.29) is 16.1 Å². The van der Waals surface area contributed by atoms with Crippen LogP contribution in [0, 0.1) is 12.3 Å². The molecular formula is C15H20O4Si. The summed E-state index contributed by atoms with van der Waals surface area (Å²) in [5.41, 5.74) is 1.36. The minimum absolute atomic E-state index is 0.0715. The number of hydrogen-bond acceptors (Lipinski definition) is 3. The molecule has 108 valence electrons. The van der Waals surface area contributed by atoms with E-state index in [9.17, 15) is 14.7 Å². The highest BCUT2D eigenvalue weighted by Gasteiger charge is 2.38. The van der Waals surface area contributed by atoms with Gasteiger partial charge in [0.15, 0.2) is 0 Å². The maximum absolute atomic E-state index is 11.9.